The van der Waals surface area contributed by atoms with E-state index < -0.39 is 0 Å². The highest BCUT2D eigenvalue weighted by molar-refractivity contribution is 6.30. The maximum absolute atomic E-state index is 9.01. The second kappa shape index (κ2) is 5.18. The first kappa shape index (κ1) is 12.1. The first-order chi connectivity index (χ1) is 7.10. The predicted molar refractivity (Wildman–Crippen MR) is 60.8 cm³/mol. The van der Waals surface area contributed by atoms with E-state index in [4.69, 9.17) is 16.9 Å². The van der Waals surface area contributed by atoms with Crippen molar-refractivity contribution in [3.8, 4) is 6.07 Å². The maximum atomic E-state index is 9.01. The highest BCUT2D eigenvalue weighted by Crippen LogP contribution is 2.21. The van der Waals surface area contributed by atoms with Crippen molar-refractivity contribution < 1.29 is 0 Å². The molecule has 82 valence electrons. The van der Waals surface area contributed by atoms with E-state index in [1.165, 1.54) is 0 Å². The number of aromatic nitrogens is 2. The molecule has 15 heavy (non-hydrogen) atoms. The molecule has 1 aromatic rings. The van der Waals surface area contributed by atoms with E-state index in [0.717, 1.165) is 25.1 Å². The molecule has 0 amide bonds. The lowest BCUT2D eigenvalue weighted by molar-refractivity contribution is 0.574. The SMILES string of the molecule is CCCn1nc(CC(C)C)c(C#N)c1Cl. The minimum absolute atomic E-state index is 0.481. The molecular weight excluding hydrogens is 210 g/mol. The number of rotatable bonds is 4. The summed E-state index contributed by atoms with van der Waals surface area (Å²) < 4.78 is 1.72. The highest BCUT2D eigenvalue weighted by atomic mass is 35.5. The number of aryl methyl sites for hydroxylation is 1. The Morgan fingerprint density at radius 1 is 1.53 bits per heavy atom. The zero-order valence-corrected chi connectivity index (χ0v) is 10.2. The summed E-state index contributed by atoms with van der Waals surface area (Å²) in [5.74, 6) is 0.484. The van der Waals surface area contributed by atoms with Crippen molar-refractivity contribution in [3.05, 3.63) is 16.4 Å². The van der Waals surface area contributed by atoms with E-state index >= 15 is 0 Å². The lowest BCUT2D eigenvalue weighted by atomic mass is 10.1. The van der Waals surface area contributed by atoms with Gasteiger partial charge in [-0.3, -0.25) is 4.68 Å². The van der Waals surface area contributed by atoms with E-state index in [2.05, 4.69) is 31.9 Å². The van der Waals surface area contributed by atoms with Crippen molar-refractivity contribution in [2.45, 2.75) is 40.2 Å². The molecule has 0 atom stereocenters. The number of halogens is 1. The largest absolute Gasteiger partial charge is 0.252 e. The second-order valence-electron chi connectivity index (χ2n) is 4.05. The molecule has 0 aliphatic heterocycles. The Morgan fingerprint density at radius 3 is 2.67 bits per heavy atom. The molecule has 0 saturated heterocycles. The Kier molecular flexibility index (Phi) is 4.16. The van der Waals surface area contributed by atoms with Gasteiger partial charge in [0.25, 0.3) is 0 Å². The fourth-order valence-corrected chi connectivity index (χ4v) is 1.76. The molecule has 0 aliphatic carbocycles. The minimum atomic E-state index is 0.481. The molecule has 1 heterocycles. The van der Waals surface area contributed by atoms with Crippen molar-refractivity contribution in [3.63, 3.8) is 0 Å². The average molecular weight is 226 g/mol. The molecular formula is C11H16ClN3. The van der Waals surface area contributed by atoms with E-state index in [0.29, 0.717) is 16.6 Å². The summed E-state index contributed by atoms with van der Waals surface area (Å²) in [6.07, 6.45) is 1.77. The van der Waals surface area contributed by atoms with Crippen LogP contribution in [0.15, 0.2) is 0 Å². The third-order valence-corrected chi connectivity index (χ3v) is 2.50. The van der Waals surface area contributed by atoms with Crippen LogP contribution in [0.1, 0.15) is 38.4 Å². The molecule has 0 bridgehead atoms. The molecule has 1 rings (SSSR count). The fourth-order valence-electron chi connectivity index (χ4n) is 1.49. The Hall–Kier alpha value is -1.01. The highest BCUT2D eigenvalue weighted by Gasteiger charge is 2.16. The van der Waals surface area contributed by atoms with Crippen LogP contribution in [-0.2, 0) is 13.0 Å². The normalized spacial score (nSPS) is 10.7. The summed E-state index contributed by atoms with van der Waals surface area (Å²) in [6, 6.07) is 2.13. The molecule has 0 aliphatic rings. The van der Waals surface area contributed by atoms with Gasteiger partial charge in [-0.25, -0.2) is 0 Å². The van der Waals surface area contributed by atoms with Crippen molar-refractivity contribution in [1.29, 1.82) is 5.26 Å². The van der Waals surface area contributed by atoms with Crippen LogP contribution in [0.25, 0.3) is 0 Å². The summed E-state index contributed by atoms with van der Waals surface area (Å²) in [7, 11) is 0. The van der Waals surface area contributed by atoms with Crippen LogP contribution in [0.2, 0.25) is 5.15 Å². The third-order valence-electron chi connectivity index (χ3n) is 2.11. The van der Waals surface area contributed by atoms with Crippen molar-refractivity contribution in [2.75, 3.05) is 0 Å². The number of hydrogen-bond donors (Lipinski definition) is 0. The fraction of sp³-hybridized carbons (Fsp3) is 0.636. The van der Waals surface area contributed by atoms with Crippen LogP contribution < -0.4 is 0 Å². The smallest absolute Gasteiger partial charge is 0.145 e. The van der Waals surface area contributed by atoms with Gasteiger partial charge in [0.05, 0.1) is 5.69 Å². The summed E-state index contributed by atoms with van der Waals surface area (Å²) in [5, 5.41) is 13.9. The van der Waals surface area contributed by atoms with Crippen LogP contribution in [-0.4, -0.2) is 9.78 Å². The first-order valence-electron chi connectivity index (χ1n) is 5.25. The molecule has 4 heteroatoms. The van der Waals surface area contributed by atoms with Gasteiger partial charge < -0.3 is 0 Å². The topological polar surface area (TPSA) is 41.6 Å². The molecule has 1 aromatic heterocycles. The zero-order chi connectivity index (χ0) is 11.4. The lowest BCUT2D eigenvalue weighted by Gasteiger charge is -2.00. The van der Waals surface area contributed by atoms with Gasteiger partial charge in [-0.05, 0) is 18.8 Å². The van der Waals surface area contributed by atoms with Gasteiger partial charge in [0.1, 0.15) is 16.8 Å². The van der Waals surface area contributed by atoms with E-state index in [-0.39, 0.29) is 0 Å². The van der Waals surface area contributed by atoms with E-state index in [9.17, 15) is 0 Å². The van der Waals surface area contributed by atoms with Crippen LogP contribution in [0.4, 0.5) is 0 Å². The van der Waals surface area contributed by atoms with Gasteiger partial charge in [-0.2, -0.15) is 10.4 Å². The van der Waals surface area contributed by atoms with Gasteiger partial charge in [0.2, 0.25) is 0 Å². The minimum Gasteiger partial charge on any atom is -0.252 e. The number of nitrogens with zero attached hydrogens (tertiary/aromatic N) is 3. The third kappa shape index (κ3) is 2.73. The summed E-state index contributed by atoms with van der Waals surface area (Å²) >= 11 is 6.07. The lowest BCUT2D eigenvalue weighted by Crippen LogP contribution is -2.01. The van der Waals surface area contributed by atoms with Gasteiger partial charge in [-0.1, -0.05) is 32.4 Å². The van der Waals surface area contributed by atoms with Crippen molar-refractivity contribution in [2.24, 2.45) is 5.92 Å². The van der Waals surface area contributed by atoms with Gasteiger partial charge >= 0.3 is 0 Å². The number of hydrogen-bond acceptors (Lipinski definition) is 2. The van der Waals surface area contributed by atoms with E-state index in [1.807, 2.05) is 0 Å². The standard InChI is InChI=1S/C11H16ClN3/c1-4-5-15-11(12)9(7-13)10(14-15)6-8(2)3/h8H,4-6H2,1-3H3. The molecule has 0 N–H and O–H groups in total. The van der Waals surface area contributed by atoms with Crippen LogP contribution in [0, 0.1) is 17.2 Å². The van der Waals surface area contributed by atoms with E-state index in [1.54, 1.807) is 4.68 Å². The van der Waals surface area contributed by atoms with Crippen molar-refractivity contribution >= 4 is 11.6 Å². The van der Waals surface area contributed by atoms with Crippen LogP contribution in [0.3, 0.4) is 0 Å². The maximum Gasteiger partial charge on any atom is 0.145 e. The van der Waals surface area contributed by atoms with Gasteiger partial charge in [0.15, 0.2) is 0 Å². The van der Waals surface area contributed by atoms with Gasteiger partial charge in [0, 0.05) is 6.54 Å². The Bertz CT molecular complexity index is 374. The molecule has 0 spiro atoms. The number of nitriles is 1. The Morgan fingerprint density at radius 2 is 2.20 bits per heavy atom. The molecule has 0 fully saturated rings. The van der Waals surface area contributed by atoms with Crippen LogP contribution >= 0.6 is 11.6 Å². The Balaban J connectivity index is 3.05. The molecule has 0 aromatic carbocycles. The summed E-state index contributed by atoms with van der Waals surface area (Å²) in [6.45, 7) is 7.04. The summed E-state index contributed by atoms with van der Waals surface area (Å²) in [4.78, 5) is 0. The quantitative estimate of drug-likeness (QED) is 0.791. The molecule has 3 nitrogen and oxygen atoms in total. The predicted octanol–water partition coefficient (Wildman–Crippen LogP) is 3.02. The first-order valence-corrected chi connectivity index (χ1v) is 5.63. The molecule has 0 radical (unpaired) electrons. The van der Waals surface area contributed by atoms with Crippen LogP contribution in [0.5, 0.6) is 0 Å². The summed E-state index contributed by atoms with van der Waals surface area (Å²) in [5.41, 5.74) is 1.37. The second-order valence-corrected chi connectivity index (χ2v) is 4.40. The molecule has 0 saturated carbocycles. The molecule has 0 unspecified atom stereocenters. The van der Waals surface area contributed by atoms with Crippen molar-refractivity contribution in [1.82, 2.24) is 9.78 Å². The zero-order valence-electron chi connectivity index (χ0n) is 9.42. The van der Waals surface area contributed by atoms with Gasteiger partial charge in [-0.15, -0.1) is 0 Å². The Labute approximate surface area is 95.7 Å². The average Bonchev–Trinajstić information content (AvgIpc) is 2.43. The monoisotopic (exact) mass is 225 g/mol.